The molecule has 0 aliphatic carbocycles. The van der Waals surface area contributed by atoms with E-state index in [0.717, 1.165) is 22.1 Å². The Morgan fingerprint density at radius 3 is 2.39 bits per heavy atom. The smallest absolute Gasteiger partial charge is 0.287 e. The molecule has 0 aliphatic heterocycles. The van der Waals surface area contributed by atoms with E-state index in [2.05, 4.69) is 41.4 Å². The van der Waals surface area contributed by atoms with Crippen LogP contribution in [0.5, 0.6) is 0 Å². The number of hydrogen-bond acceptors (Lipinski definition) is 3. The predicted molar refractivity (Wildman–Crippen MR) is 118 cm³/mol. The van der Waals surface area contributed by atoms with Crippen molar-refractivity contribution in [1.82, 2.24) is 10.2 Å². The van der Waals surface area contributed by atoms with Gasteiger partial charge in [-0.15, -0.1) is 12.4 Å². The lowest BCUT2D eigenvalue weighted by molar-refractivity contribution is 0.0915. The Hall–Kier alpha value is -2.01. The van der Waals surface area contributed by atoms with Crippen molar-refractivity contribution in [2.75, 3.05) is 20.6 Å². The van der Waals surface area contributed by atoms with E-state index >= 15 is 0 Å². The van der Waals surface area contributed by atoms with Crippen LogP contribution in [0.1, 0.15) is 38.9 Å². The number of hydrogen-bond donors (Lipinski definition) is 1. The molecule has 6 heteroatoms. The van der Waals surface area contributed by atoms with Crippen LogP contribution in [-0.2, 0) is 0 Å². The van der Waals surface area contributed by atoms with Gasteiger partial charge < -0.3 is 14.6 Å². The van der Waals surface area contributed by atoms with Crippen LogP contribution in [0, 0.1) is 20.8 Å². The van der Waals surface area contributed by atoms with E-state index in [1.165, 1.54) is 5.56 Å². The highest BCUT2D eigenvalue weighted by molar-refractivity contribution is 6.32. The fourth-order valence-electron chi connectivity index (χ4n) is 3.21. The van der Waals surface area contributed by atoms with Gasteiger partial charge in [-0.25, -0.2) is 0 Å². The zero-order valence-corrected chi connectivity index (χ0v) is 18.4. The number of furan rings is 1. The van der Waals surface area contributed by atoms with Gasteiger partial charge in [0, 0.05) is 22.5 Å². The molecule has 0 saturated heterocycles. The molecule has 1 atom stereocenters. The SMILES string of the molecule is Cc1ccc(C(CNC(=O)c2oc3cc(C)c(Cl)cc3c2C)N(C)C)cc1.Cl. The molecule has 28 heavy (non-hydrogen) atoms. The maximum atomic E-state index is 12.8. The highest BCUT2D eigenvalue weighted by Crippen LogP contribution is 2.30. The highest BCUT2D eigenvalue weighted by Gasteiger charge is 2.21. The number of carbonyl (C=O) groups excluding carboxylic acids is 1. The Kier molecular flexibility index (Phi) is 7.16. The average molecular weight is 421 g/mol. The number of aryl methyl sites for hydroxylation is 3. The first-order chi connectivity index (χ1) is 12.8. The van der Waals surface area contributed by atoms with Crippen LogP contribution in [0.4, 0.5) is 0 Å². The quantitative estimate of drug-likeness (QED) is 0.595. The topological polar surface area (TPSA) is 45.5 Å². The number of nitrogens with zero attached hydrogens (tertiary/aromatic N) is 1. The Labute approximate surface area is 177 Å². The molecule has 3 rings (SSSR count). The van der Waals surface area contributed by atoms with E-state index in [1.807, 2.05) is 40.1 Å². The molecule has 0 spiro atoms. The minimum atomic E-state index is -0.212. The maximum Gasteiger partial charge on any atom is 0.287 e. The number of benzene rings is 2. The Balaban J connectivity index is 0.00000280. The zero-order chi connectivity index (χ0) is 19.7. The summed E-state index contributed by atoms with van der Waals surface area (Å²) in [6, 6.07) is 12.2. The van der Waals surface area contributed by atoms with Crippen molar-refractivity contribution in [3.05, 3.63) is 69.4 Å². The third kappa shape index (κ3) is 4.52. The van der Waals surface area contributed by atoms with Gasteiger partial charge in [-0.1, -0.05) is 41.4 Å². The molecule has 4 nitrogen and oxygen atoms in total. The van der Waals surface area contributed by atoms with Crippen LogP contribution in [-0.4, -0.2) is 31.4 Å². The molecular weight excluding hydrogens is 395 g/mol. The van der Waals surface area contributed by atoms with Gasteiger partial charge in [0.25, 0.3) is 5.91 Å². The first kappa shape index (κ1) is 22.3. The number of likely N-dealkylation sites (N-methyl/N-ethyl adjacent to an activating group) is 1. The summed E-state index contributed by atoms with van der Waals surface area (Å²) < 4.78 is 5.83. The van der Waals surface area contributed by atoms with Gasteiger partial charge in [-0.05, 0) is 58.1 Å². The van der Waals surface area contributed by atoms with Crippen LogP contribution < -0.4 is 5.32 Å². The standard InChI is InChI=1S/C22H25ClN2O2.ClH/c1-13-6-8-16(9-7-13)19(25(4)5)12-24-22(26)21-15(3)17-11-18(23)14(2)10-20(17)27-21;/h6-11,19H,12H2,1-5H3,(H,24,26);1H. The van der Waals surface area contributed by atoms with Crippen molar-refractivity contribution in [2.45, 2.75) is 26.8 Å². The third-order valence-electron chi connectivity index (χ3n) is 4.97. The number of carbonyl (C=O) groups is 1. The normalized spacial score (nSPS) is 12.1. The van der Waals surface area contributed by atoms with E-state index in [-0.39, 0.29) is 24.4 Å². The van der Waals surface area contributed by atoms with E-state index < -0.39 is 0 Å². The summed E-state index contributed by atoms with van der Waals surface area (Å²) in [5.41, 5.74) is 4.79. The summed E-state index contributed by atoms with van der Waals surface area (Å²) in [6.45, 7) is 6.36. The Bertz CT molecular complexity index is 978. The first-order valence-electron chi connectivity index (χ1n) is 8.98. The summed E-state index contributed by atoms with van der Waals surface area (Å²) in [6.07, 6.45) is 0. The summed E-state index contributed by atoms with van der Waals surface area (Å²) in [4.78, 5) is 14.9. The Morgan fingerprint density at radius 2 is 1.79 bits per heavy atom. The van der Waals surface area contributed by atoms with Gasteiger partial charge in [0.1, 0.15) is 5.58 Å². The molecular formula is C22H26Cl2N2O2. The van der Waals surface area contributed by atoms with Crippen LogP contribution in [0.15, 0.2) is 40.8 Å². The molecule has 1 amide bonds. The van der Waals surface area contributed by atoms with Crippen LogP contribution in [0.2, 0.25) is 5.02 Å². The van der Waals surface area contributed by atoms with Gasteiger partial charge in [-0.3, -0.25) is 4.79 Å². The lowest BCUT2D eigenvalue weighted by Gasteiger charge is -2.25. The minimum Gasteiger partial charge on any atom is -0.451 e. The summed E-state index contributed by atoms with van der Waals surface area (Å²) in [5, 5.41) is 4.56. The molecule has 1 aromatic heterocycles. The van der Waals surface area contributed by atoms with E-state index in [9.17, 15) is 4.79 Å². The van der Waals surface area contributed by atoms with Gasteiger partial charge >= 0.3 is 0 Å². The lowest BCUT2D eigenvalue weighted by atomic mass is 10.0. The van der Waals surface area contributed by atoms with Crippen LogP contribution >= 0.6 is 24.0 Å². The fraction of sp³-hybridized carbons (Fsp3) is 0.318. The molecule has 0 aliphatic rings. The monoisotopic (exact) mass is 420 g/mol. The van der Waals surface area contributed by atoms with Crippen molar-refractivity contribution in [1.29, 1.82) is 0 Å². The number of halogens is 2. The van der Waals surface area contributed by atoms with Crippen LogP contribution in [0.3, 0.4) is 0 Å². The predicted octanol–water partition coefficient (Wildman–Crippen LogP) is 5.47. The van der Waals surface area contributed by atoms with Crippen molar-refractivity contribution >= 4 is 40.9 Å². The van der Waals surface area contributed by atoms with Gasteiger partial charge in [0.15, 0.2) is 5.76 Å². The molecule has 150 valence electrons. The van der Waals surface area contributed by atoms with Gasteiger partial charge in [0.05, 0.1) is 6.04 Å². The molecule has 0 fully saturated rings. The van der Waals surface area contributed by atoms with Crippen LogP contribution in [0.25, 0.3) is 11.0 Å². The summed E-state index contributed by atoms with van der Waals surface area (Å²) in [5.74, 6) is 0.129. The van der Waals surface area contributed by atoms with E-state index in [1.54, 1.807) is 0 Å². The first-order valence-corrected chi connectivity index (χ1v) is 9.36. The Morgan fingerprint density at radius 1 is 1.14 bits per heavy atom. The molecule has 0 radical (unpaired) electrons. The van der Waals surface area contributed by atoms with Gasteiger partial charge in [-0.2, -0.15) is 0 Å². The average Bonchev–Trinajstić information content (AvgIpc) is 2.93. The van der Waals surface area contributed by atoms with Gasteiger partial charge in [0.2, 0.25) is 0 Å². The molecule has 1 heterocycles. The fourth-order valence-corrected chi connectivity index (χ4v) is 3.38. The third-order valence-corrected chi connectivity index (χ3v) is 5.37. The second-order valence-electron chi connectivity index (χ2n) is 7.25. The number of rotatable bonds is 5. The van der Waals surface area contributed by atoms with Crippen molar-refractivity contribution in [3.63, 3.8) is 0 Å². The summed E-state index contributed by atoms with van der Waals surface area (Å²) >= 11 is 6.22. The summed E-state index contributed by atoms with van der Waals surface area (Å²) in [7, 11) is 4.02. The second kappa shape index (κ2) is 8.99. The highest BCUT2D eigenvalue weighted by atomic mass is 35.5. The number of amides is 1. The maximum absolute atomic E-state index is 12.8. The molecule has 0 saturated carbocycles. The lowest BCUT2D eigenvalue weighted by Crippen LogP contribution is -2.34. The molecule has 0 bridgehead atoms. The van der Waals surface area contributed by atoms with E-state index in [4.69, 9.17) is 16.0 Å². The van der Waals surface area contributed by atoms with Crippen molar-refractivity contribution in [3.8, 4) is 0 Å². The molecule has 1 N–H and O–H groups in total. The van der Waals surface area contributed by atoms with Crippen molar-refractivity contribution < 1.29 is 9.21 Å². The molecule has 1 unspecified atom stereocenters. The molecule has 2 aromatic carbocycles. The van der Waals surface area contributed by atoms with Crippen molar-refractivity contribution in [2.24, 2.45) is 0 Å². The zero-order valence-electron chi connectivity index (χ0n) is 16.8. The minimum absolute atomic E-state index is 0. The largest absolute Gasteiger partial charge is 0.451 e. The van der Waals surface area contributed by atoms with E-state index in [0.29, 0.717) is 22.9 Å². The molecule has 3 aromatic rings. The number of nitrogens with one attached hydrogen (secondary N) is 1. The number of fused-ring (bicyclic) bond motifs is 1. The second-order valence-corrected chi connectivity index (χ2v) is 7.66.